The fraction of sp³-hybridized carbons (Fsp3) is 0.550. The molecule has 1 rings (SSSR count). The first-order valence-electron chi connectivity index (χ1n) is 9.19. The van der Waals surface area contributed by atoms with Gasteiger partial charge in [0.15, 0.2) is 5.78 Å². The third-order valence-corrected chi connectivity index (χ3v) is 4.07. The summed E-state index contributed by atoms with van der Waals surface area (Å²) in [5, 5.41) is 19.7. The third-order valence-electron chi connectivity index (χ3n) is 4.07. The Morgan fingerprint density at radius 2 is 1.81 bits per heavy atom. The fourth-order valence-corrected chi connectivity index (χ4v) is 2.86. The van der Waals surface area contributed by atoms with Gasteiger partial charge in [-0.3, -0.25) is 14.4 Å². The molecule has 7 heteroatoms. The maximum atomic E-state index is 12.5. The number of esters is 2. The van der Waals surface area contributed by atoms with E-state index in [4.69, 9.17) is 9.47 Å². The minimum atomic E-state index is -0.538. The number of phenols is 2. The van der Waals surface area contributed by atoms with Crippen LogP contribution >= 0.6 is 0 Å². The molecule has 0 aromatic heterocycles. The quantitative estimate of drug-likeness (QED) is 0.344. The van der Waals surface area contributed by atoms with Gasteiger partial charge in [0.05, 0.1) is 18.6 Å². The molecule has 0 bridgehead atoms. The predicted molar refractivity (Wildman–Crippen MR) is 98.8 cm³/mol. The normalized spacial score (nSPS) is 11.7. The van der Waals surface area contributed by atoms with E-state index in [2.05, 4.69) is 0 Å². The summed E-state index contributed by atoms with van der Waals surface area (Å²) in [5.74, 6) is -1.76. The summed E-state index contributed by atoms with van der Waals surface area (Å²) in [5.41, 5.74) is 0.273. The number of hydrogen-bond acceptors (Lipinski definition) is 7. The number of Topliss-reactive ketones (excluding diaryl/α,β-unsaturated/α-hetero) is 1. The highest BCUT2D eigenvalue weighted by Crippen LogP contribution is 2.29. The molecular weight excluding hydrogens is 352 g/mol. The molecule has 7 nitrogen and oxygen atoms in total. The Morgan fingerprint density at radius 3 is 2.41 bits per heavy atom. The lowest BCUT2D eigenvalue weighted by Gasteiger charge is -2.15. The lowest BCUT2D eigenvalue weighted by molar-refractivity contribution is -0.147. The van der Waals surface area contributed by atoms with Crippen LogP contribution in [0.5, 0.6) is 11.5 Å². The van der Waals surface area contributed by atoms with Gasteiger partial charge in [0, 0.05) is 19.4 Å². The summed E-state index contributed by atoms with van der Waals surface area (Å²) in [6.07, 6.45) is 2.39. The van der Waals surface area contributed by atoms with Crippen LogP contribution in [0.2, 0.25) is 0 Å². The summed E-state index contributed by atoms with van der Waals surface area (Å²) >= 11 is 0. The lowest BCUT2D eigenvalue weighted by Crippen LogP contribution is -2.15. The van der Waals surface area contributed by atoms with Crippen LogP contribution in [-0.2, 0) is 25.5 Å². The first-order chi connectivity index (χ1) is 12.8. The first kappa shape index (κ1) is 22.5. The molecule has 150 valence electrons. The van der Waals surface area contributed by atoms with Gasteiger partial charge in [0.1, 0.15) is 17.6 Å². The zero-order chi connectivity index (χ0) is 20.4. The van der Waals surface area contributed by atoms with Crippen molar-refractivity contribution in [3.63, 3.8) is 0 Å². The van der Waals surface area contributed by atoms with Gasteiger partial charge in [-0.1, -0.05) is 6.92 Å². The number of ether oxygens (including phenoxy) is 2. The van der Waals surface area contributed by atoms with Crippen molar-refractivity contribution in [2.24, 2.45) is 0 Å². The maximum Gasteiger partial charge on any atom is 0.310 e. The fourth-order valence-electron chi connectivity index (χ4n) is 2.86. The van der Waals surface area contributed by atoms with Crippen molar-refractivity contribution in [3.05, 3.63) is 23.3 Å². The highest BCUT2D eigenvalue weighted by Gasteiger charge is 2.20. The number of rotatable bonds is 11. The smallest absolute Gasteiger partial charge is 0.310 e. The number of hydrogen-bond donors (Lipinski definition) is 2. The van der Waals surface area contributed by atoms with Crippen LogP contribution in [0.3, 0.4) is 0 Å². The molecule has 0 heterocycles. The van der Waals surface area contributed by atoms with Crippen molar-refractivity contribution in [2.75, 3.05) is 6.61 Å². The molecule has 0 aliphatic carbocycles. The molecule has 0 unspecified atom stereocenters. The van der Waals surface area contributed by atoms with E-state index in [9.17, 15) is 24.6 Å². The van der Waals surface area contributed by atoms with E-state index in [1.165, 1.54) is 13.0 Å². The van der Waals surface area contributed by atoms with Gasteiger partial charge in [-0.15, -0.1) is 0 Å². The van der Waals surface area contributed by atoms with E-state index in [1.807, 2.05) is 6.92 Å². The van der Waals surface area contributed by atoms with Crippen LogP contribution in [0, 0.1) is 0 Å². The average molecular weight is 380 g/mol. The zero-order valence-corrected chi connectivity index (χ0v) is 16.1. The Balaban J connectivity index is 2.73. The van der Waals surface area contributed by atoms with E-state index in [1.54, 1.807) is 6.92 Å². The van der Waals surface area contributed by atoms with Crippen molar-refractivity contribution < 1.29 is 34.1 Å². The first-order valence-corrected chi connectivity index (χ1v) is 9.19. The van der Waals surface area contributed by atoms with Crippen molar-refractivity contribution in [2.45, 2.75) is 65.4 Å². The van der Waals surface area contributed by atoms with Crippen LogP contribution in [-0.4, -0.2) is 40.6 Å². The molecule has 1 aromatic carbocycles. The van der Waals surface area contributed by atoms with Gasteiger partial charge in [-0.05, 0) is 44.2 Å². The van der Waals surface area contributed by atoms with Crippen LogP contribution in [0.1, 0.15) is 68.8 Å². The summed E-state index contributed by atoms with van der Waals surface area (Å²) in [6.45, 7) is 5.16. The summed E-state index contributed by atoms with van der Waals surface area (Å²) < 4.78 is 10.0. The topological polar surface area (TPSA) is 110 Å². The average Bonchev–Trinajstić information content (AvgIpc) is 2.56. The molecule has 1 aromatic rings. The maximum absolute atomic E-state index is 12.5. The largest absolute Gasteiger partial charge is 0.508 e. The van der Waals surface area contributed by atoms with Crippen molar-refractivity contribution in [3.8, 4) is 11.5 Å². The van der Waals surface area contributed by atoms with E-state index in [-0.39, 0.29) is 59.9 Å². The van der Waals surface area contributed by atoms with Crippen molar-refractivity contribution >= 4 is 17.7 Å². The molecule has 27 heavy (non-hydrogen) atoms. The highest BCUT2D eigenvalue weighted by atomic mass is 16.5. The summed E-state index contributed by atoms with van der Waals surface area (Å²) in [4.78, 5) is 35.3. The Kier molecular flexibility index (Phi) is 9.33. The number of benzene rings is 1. The predicted octanol–water partition coefficient (Wildman–Crippen LogP) is 3.29. The van der Waals surface area contributed by atoms with Gasteiger partial charge in [-0.25, -0.2) is 0 Å². The van der Waals surface area contributed by atoms with Crippen LogP contribution in [0.15, 0.2) is 12.1 Å². The molecule has 0 radical (unpaired) electrons. The van der Waals surface area contributed by atoms with Crippen LogP contribution in [0.4, 0.5) is 0 Å². The number of phenolic OH excluding ortho intramolecular Hbond substituents is 2. The minimum absolute atomic E-state index is 0.0351. The molecule has 1 atom stereocenters. The number of aromatic hydroxyl groups is 2. The Hall–Kier alpha value is -2.57. The Bertz CT molecular complexity index is 667. The van der Waals surface area contributed by atoms with Crippen molar-refractivity contribution in [1.29, 1.82) is 0 Å². The second-order valence-electron chi connectivity index (χ2n) is 6.29. The lowest BCUT2D eigenvalue weighted by atomic mass is 9.96. The van der Waals surface area contributed by atoms with E-state index >= 15 is 0 Å². The highest BCUT2D eigenvalue weighted by molar-refractivity contribution is 6.01. The van der Waals surface area contributed by atoms with E-state index < -0.39 is 5.97 Å². The molecule has 0 amide bonds. The van der Waals surface area contributed by atoms with Gasteiger partial charge in [0.2, 0.25) is 0 Å². The minimum Gasteiger partial charge on any atom is -0.508 e. The molecule has 0 aliphatic rings. The van der Waals surface area contributed by atoms with Gasteiger partial charge in [-0.2, -0.15) is 0 Å². The number of ketones is 1. The molecule has 2 N–H and O–H groups in total. The monoisotopic (exact) mass is 380 g/mol. The van der Waals surface area contributed by atoms with Crippen LogP contribution < -0.4 is 0 Å². The Labute approximate surface area is 159 Å². The molecular formula is C20H28O7. The SMILES string of the molecule is CCOC(=O)Cc1cc(O)cc(O)c1C(=O)CCCC[C@@H](CC)OC(C)=O. The summed E-state index contributed by atoms with van der Waals surface area (Å²) in [7, 11) is 0. The molecule has 0 saturated carbocycles. The van der Waals surface area contributed by atoms with Gasteiger partial charge < -0.3 is 19.7 Å². The van der Waals surface area contributed by atoms with E-state index in [0.717, 1.165) is 6.07 Å². The second-order valence-corrected chi connectivity index (χ2v) is 6.29. The Morgan fingerprint density at radius 1 is 1.11 bits per heavy atom. The molecule has 0 spiro atoms. The molecule has 0 saturated heterocycles. The van der Waals surface area contributed by atoms with Crippen LogP contribution in [0.25, 0.3) is 0 Å². The standard InChI is InChI=1S/C20H28O7/c1-4-16(27-13(3)21)8-6-7-9-17(23)20-14(11-19(25)26-5-2)10-15(22)12-18(20)24/h10,12,16,22,24H,4-9,11H2,1-3H3/t16-/m1/s1. The third kappa shape index (κ3) is 7.68. The molecule has 0 aliphatic heterocycles. The number of carbonyl (C=O) groups is 3. The summed E-state index contributed by atoms with van der Waals surface area (Å²) in [6, 6.07) is 2.37. The zero-order valence-electron chi connectivity index (χ0n) is 16.1. The number of unbranched alkanes of at least 4 members (excludes halogenated alkanes) is 1. The molecule has 0 fully saturated rings. The second kappa shape index (κ2) is 11.2. The van der Waals surface area contributed by atoms with Crippen molar-refractivity contribution in [1.82, 2.24) is 0 Å². The van der Waals surface area contributed by atoms with E-state index in [0.29, 0.717) is 25.7 Å². The number of carbonyl (C=O) groups excluding carboxylic acids is 3. The van der Waals surface area contributed by atoms with Gasteiger partial charge >= 0.3 is 11.9 Å². The van der Waals surface area contributed by atoms with Gasteiger partial charge in [0.25, 0.3) is 0 Å².